The topological polar surface area (TPSA) is 99.2 Å². The summed E-state index contributed by atoms with van der Waals surface area (Å²) in [6.45, 7) is 9.57. The van der Waals surface area contributed by atoms with E-state index in [1.54, 1.807) is 20.3 Å². The predicted octanol–water partition coefficient (Wildman–Crippen LogP) is 9.17. The van der Waals surface area contributed by atoms with Gasteiger partial charge in [0.15, 0.2) is 11.5 Å². The van der Waals surface area contributed by atoms with Crippen molar-refractivity contribution in [3.63, 3.8) is 0 Å². The van der Waals surface area contributed by atoms with Crippen LogP contribution in [-0.2, 0) is 24.5 Å². The van der Waals surface area contributed by atoms with Crippen molar-refractivity contribution in [1.29, 1.82) is 0 Å². The molecule has 338 valence electrons. The standard InChI is InChI=1S/C52H60BrN3O8/c1-36-48(50(57)61-6)52(40-23-24-45(59-4)46(35-40)60-5,47(25-26-53)64-44-22-12-18-39-16-8-10-20-42(39)44)49(51(58)63-34-13-27-55-31-29-54(3)30-32-55)37(2)56(36)28-14-33-62-43-21-11-17-38-15-7-9-19-41(38)43/h7-12,15-24,35,47H,13-14,25-34H2,1-6H3. The normalized spacial score (nSPS) is 17.7. The van der Waals surface area contributed by atoms with Gasteiger partial charge in [-0.25, -0.2) is 9.59 Å². The van der Waals surface area contributed by atoms with Gasteiger partial charge in [0.05, 0.1) is 51.1 Å². The molecular formula is C52H60BrN3O8. The third-order valence-electron chi connectivity index (χ3n) is 12.6. The highest BCUT2D eigenvalue weighted by atomic mass is 79.9. The zero-order valence-corrected chi connectivity index (χ0v) is 39.4. The Morgan fingerprint density at radius 2 is 1.27 bits per heavy atom. The van der Waals surface area contributed by atoms with Gasteiger partial charge in [-0.3, -0.25) is 0 Å². The number of methoxy groups -OCH3 is 3. The Morgan fingerprint density at radius 1 is 0.672 bits per heavy atom. The molecule has 2 atom stereocenters. The molecule has 0 aliphatic carbocycles. The van der Waals surface area contributed by atoms with Crippen molar-refractivity contribution in [2.45, 2.75) is 44.6 Å². The molecule has 0 spiro atoms. The third-order valence-corrected chi connectivity index (χ3v) is 13.1. The van der Waals surface area contributed by atoms with Gasteiger partial charge in [0.25, 0.3) is 0 Å². The number of halogens is 1. The number of ether oxygens (including phenoxy) is 6. The highest BCUT2D eigenvalue weighted by Crippen LogP contribution is 2.53. The fraction of sp³-hybridized carbons (Fsp3) is 0.385. The molecular weight excluding hydrogens is 874 g/mol. The van der Waals surface area contributed by atoms with Crippen molar-refractivity contribution < 1.29 is 38.0 Å². The van der Waals surface area contributed by atoms with Gasteiger partial charge in [0.2, 0.25) is 0 Å². The molecule has 1 fully saturated rings. The molecule has 0 N–H and O–H groups in total. The smallest absolute Gasteiger partial charge is 0.337 e. The number of hydrogen-bond donors (Lipinski definition) is 0. The molecule has 2 aliphatic heterocycles. The maximum absolute atomic E-state index is 15.4. The molecule has 11 nitrogen and oxygen atoms in total. The summed E-state index contributed by atoms with van der Waals surface area (Å²) in [7, 11) is 6.65. The maximum Gasteiger partial charge on any atom is 0.337 e. The average molecular weight is 935 g/mol. The molecule has 12 heteroatoms. The molecule has 0 bridgehead atoms. The summed E-state index contributed by atoms with van der Waals surface area (Å²) >= 11 is 3.75. The maximum atomic E-state index is 15.4. The van der Waals surface area contributed by atoms with E-state index >= 15 is 4.79 Å². The molecule has 2 heterocycles. The van der Waals surface area contributed by atoms with E-state index in [1.807, 2.05) is 97.6 Å². The highest BCUT2D eigenvalue weighted by molar-refractivity contribution is 9.09. The Bertz CT molecular complexity index is 2490. The number of fused-ring (bicyclic) bond motifs is 2. The minimum absolute atomic E-state index is 0.187. The number of alkyl halides is 1. The molecule has 7 rings (SSSR count). The third kappa shape index (κ3) is 9.60. The summed E-state index contributed by atoms with van der Waals surface area (Å²) in [6, 6.07) is 33.6. The second-order valence-electron chi connectivity index (χ2n) is 16.3. The Hall–Kier alpha value is -5.56. The summed E-state index contributed by atoms with van der Waals surface area (Å²) in [5.74, 6) is 1.18. The van der Waals surface area contributed by atoms with E-state index < -0.39 is 23.5 Å². The summed E-state index contributed by atoms with van der Waals surface area (Å²) in [6.07, 6.45) is 0.730. The Kier molecular flexibility index (Phi) is 15.5. The second kappa shape index (κ2) is 21.4. The van der Waals surface area contributed by atoms with Crippen LogP contribution < -0.4 is 18.9 Å². The Balaban J connectivity index is 1.37. The van der Waals surface area contributed by atoms with E-state index in [-0.39, 0.29) is 17.8 Å². The van der Waals surface area contributed by atoms with Gasteiger partial charge >= 0.3 is 11.9 Å². The number of esters is 2. The van der Waals surface area contributed by atoms with Crippen LogP contribution in [0.1, 0.15) is 38.7 Å². The van der Waals surface area contributed by atoms with E-state index in [2.05, 4.69) is 51.0 Å². The van der Waals surface area contributed by atoms with E-state index in [0.717, 1.165) is 60.0 Å². The van der Waals surface area contributed by atoms with E-state index in [0.29, 0.717) is 72.0 Å². The highest BCUT2D eigenvalue weighted by Gasteiger charge is 2.58. The average Bonchev–Trinajstić information content (AvgIpc) is 3.32. The van der Waals surface area contributed by atoms with E-state index in [1.165, 1.54) is 7.11 Å². The van der Waals surface area contributed by atoms with Crippen molar-refractivity contribution >= 4 is 49.4 Å². The quantitative estimate of drug-likeness (QED) is 0.0451. The van der Waals surface area contributed by atoms with Crippen LogP contribution in [0, 0.1) is 0 Å². The van der Waals surface area contributed by atoms with Crippen molar-refractivity contribution in [1.82, 2.24) is 14.7 Å². The van der Waals surface area contributed by atoms with Gasteiger partial charge in [-0.2, -0.15) is 0 Å². The van der Waals surface area contributed by atoms with Gasteiger partial charge < -0.3 is 43.1 Å². The first kappa shape index (κ1) is 46.4. The summed E-state index contributed by atoms with van der Waals surface area (Å²) in [5.41, 5.74) is 0.798. The van der Waals surface area contributed by atoms with Gasteiger partial charge in [-0.1, -0.05) is 94.8 Å². The van der Waals surface area contributed by atoms with Gasteiger partial charge in [-0.05, 0) is 80.8 Å². The minimum atomic E-state index is -1.59. The zero-order chi connectivity index (χ0) is 45.2. The lowest BCUT2D eigenvalue weighted by atomic mass is 9.61. The predicted molar refractivity (Wildman–Crippen MR) is 256 cm³/mol. The molecule has 0 saturated carbocycles. The Labute approximate surface area is 385 Å². The summed E-state index contributed by atoms with van der Waals surface area (Å²) < 4.78 is 37.5. The number of nitrogens with zero attached hydrogens (tertiary/aromatic N) is 3. The van der Waals surface area contributed by atoms with Crippen LogP contribution in [0.2, 0.25) is 0 Å². The fourth-order valence-electron chi connectivity index (χ4n) is 9.39. The summed E-state index contributed by atoms with van der Waals surface area (Å²) in [5, 5.41) is 4.49. The number of carbonyl (C=O) groups is 2. The van der Waals surface area contributed by atoms with Crippen LogP contribution >= 0.6 is 15.9 Å². The molecule has 1 saturated heterocycles. The zero-order valence-electron chi connectivity index (χ0n) is 37.9. The lowest BCUT2D eigenvalue weighted by Crippen LogP contribution is -2.55. The van der Waals surface area contributed by atoms with Crippen LogP contribution in [0.5, 0.6) is 23.0 Å². The summed E-state index contributed by atoms with van der Waals surface area (Å²) in [4.78, 5) is 37.1. The molecule has 2 unspecified atom stereocenters. The molecule has 5 aromatic rings. The van der Waals surface area contributed by atoms with Crippen LogP contribution in [0.4, 0.5) is 0 Å². The molecule has 0 radical (unpaired) electrons. The number of carbonyl (C=O) groups excluding carboxylic acids is 2. The van der Waals surface area contributed by atoms with Gasteiger partial charge in [0.1, 0.15) is 17.6 Å². The molecule has 0 aromatic heterocycles. The van der Waals surface area contributed by atoms with Crippen molar-refractivity contribution in [2.75, 3.05) is 86.2 Å². The fourth-order valence-corrected chi connectivity index (χ4v) is 9.80. The number of hydrogen-bond acceptors (Lipinski definition) is 11. The molecule has 5 aromatic carbocycles. The molecule has 64 heavy (non-hydrogen) atoms. The van der Waals surface area contributed by atoms with Crippen molar-refractivity contribution in [2.24, 2.45) is 0 Å². The van der Waals surface area contributed by atoms with E-state index in [4.69, 9.17) is 28.4 Å². The number of rotatable bonds is 19. The Morgan fingerprint density at radius 3 is 1.91 bits per heavy atom. The molecule has 2 aliphatic rings. The largest absolute Gasteiger partial charge is 0.493 e. The SMILES string of the molecule is COC(=O)C1=C(C)N(CCCOc2cccc3ccccc23)C(C)=C(C(=O)OCCCN2CCN(C)CC2)C1(c1ccc(OC)c(OC)c1)C(CCBr)Oc1cccc2ccccc12. The lowest BCUT2D eigenvalue weighted by molar-refractivity contribution is -0.141. The minimum Gasteiger partial charge on any atom is -0.493 e. The van der Waals surface area contributed by atoms with Crippen molar-refractivity contribution in [3.8, 4) is 23.0 Å². The van der Waals surface area contributed by atoms with Gasteiger partial charge in [-0.15, -0.1) is 0 Å². The van der Waals surface area contributed by atoms with Gasteiger partial charge in [0, 0.05) is 66.8 Å². The van der Waals surface area contributed by atoms with Crippen LogP contribution in [0.3, 0.4) is 0 Å². The second-order valence-corrected chi connectivity index (χ2v) is 17.1. The number of benzene rings is 5. The van der Waals surface area contributed by atoms with Crippen LogP contribution in [-0.4, -0.2) is 119 Å². The van der Waals surface area contributed by atoms with Crippen LogP contribution in [0.25, 0.3) is 21.5 Å². The van der Waals surface area contributed by atoms with Crippen LogP contribution in [0.15, 0.2) is 126 Å². The first-order valence-electron chi connectivity index (χ1n) is 22.1. The molecule has 0 amide bonds. The first-order chi connectivity index (χ1) is 31.2. The van der Waals surface area contributed by atoms with Crippen molar-refractivity contribution in [3.05, 3.63) is 131 Å². The number of likely N-dealkylation sites (N-methyl/N-ethyl adjacent to an activating group) is 1. The van der Waals surface area contributed by atoms with E-state index in [9.17, 15) is 4.79 Å². The number of allylic oxidation sites excluding steroid dienone is 2. The monoisotopic (exact) mass is 933 g/mol. The number of piperazine rings is 1. The lowest BCUT2D eigenvalue weighted by Gasteiger charge is -2.49. The first-order valence-corrected chi connectivity index (χ1v) is 23.2.